The maximum Gasteiger partial charge on any atom is 0.0883 e. The van der Waals surface area contributed by atoms with E-state index < -0.39 is 6.10 Å². The van der Waals surface area contributed by atoms with E-state index in [-0.39, 0.29) is 0 Å². The zero-order valence-corrected chi connectivity index (χ0v) is 10.2. The lowest BCUT2D eigenvalue weighted by atomic mass is 10.1. The van der Waals surface area contributed by atoms with E-state index in [4.69, 9.17) is 5.73 Å². The van der Waals surface area contributed by atoms with E-state index in [1.54, 1.807) is 11.8 Å². The first-order valence-electron chi connectivity index (χ1n) is 5.47. The van der Waals surface area contributed by atoms with Gasteiger partial charge in [0.25, 0.3) is 0 Å². The first kappa shape index (κ1) is 12.0. The maximum absolute atomic E-state index is 10.0. The lowest BCUT2D eigenvalue weighted by Gasteiger charge is -2.11. The fraction of sp³-hybridized carbons (Fsp3) is 0.143. The van der Waals surface area contributed by atoms with Crippen LogP contribution < -0.4 is 5.73 Å². The summed E-state index contributed by atoms with van der Waals surface area (Å²) in [5.41, 5.74) is 7.54. The number of para-hydroxylation sites is 1. The molecular weight excluding hydrogens is 230 g/mol. The van der Waals surface area contributed by atoms with Crippen LogP contribution in [0.4, 0.5) is 5.69 Å². The molecule has 0 spiro atoms. The zero-order chi connectivity index (χ0) is 12.1. The highest BCUT2D eigenvalue weighted by Crippen LogP contribution is 2.28. The lowest BCUT2D eigenvalue weighted by Crippen LogP contribution is -2.00. The van der Waals surface area contributed by atoms with Gasteiger partial charge in [0.15, 0.2) is 0 Å². The quantitative estimate of drug-likeness (QED) is 0.642. The molecule has 3 N–H and O–H groups in total. The van der Waals surface area contributed by atoms with Crippen LogP contribution >= 0.6 is 11.8 Å². The molecule has 1 atom stereocenters. The standard InChI is InChI=1S/C14H15NOS/c15-12-8-4-5-9-14(12)17-10-13(16)11-6-2-1-3-7-11/h1-9,13,16H,10,15H2/t13-/m0/s1. The highest BCUT2D eigenvalue weighted by atomic mass is 32.2. The summed E-state index contributed by atoms with van der Waals surface area (Å²) in [5, 5.41) is 10.0. The van der Waals surface area contributed by atoms with E-state index in [0.29, 0.717) is 5.75 Å². The summed E-state index contributed by atoms with van der Waals surface area (Å²) in [4.78, 5) is 1.02. The first-order chi connectivity index (χ1) is 8.27. The Balaban J connectivity index is 1.97. The monoisotopic (exact) mass is 245 g/mol. The van der Waals surface area contributed by atoms with Gasteiger partial charge >= 0.3 is 0 Å². The van der Waals surface area contributed by atoms with Crippen molar-refractivity contribution in [2.24, 2.45) is 0 Å². The van der Waals surface area contributed by atoms with Crippen LogP contribution in [-0.2, 0) is 0 Å². The van der Waals surface area contributed by atoms with Crippen LogP contribution in [0.3, 0.4) is 0 Å². The number of hydrogen-bond acceptors (Lipinski definition) is 3. The number of nitrogen functional groups attached to an aromatic ring is 1. The van der Waals surface area contributed by atoms with E-state index >= 15 is 0 Å². The van der Waals surface area contributed by atoms with Crippen LogP contribution in [0.25, 0.3) is 0 Å². The summed E-state index contributed by atoms with van der Waals surface area (Å²) in [7, 11) is 0. The molecule has 0 aliphatic rings. The van der Waals surface area contributed by atoms with Gasteiger partial charge in [-0.05, 0) is 17.7 Å². The van der Waals surface area contributed by atoms with Crippen molar-refractivity contribution in [3.63, 3.8) is 0 Å². The molecule has 0 amide bonds. The van der Waals surface area contributed by atoms with Crippen molar-refractivity contribution in [1.29, 1.82) is 0 Å². The number of anilines is 1. The van der Waals surface area contributed by atoms with E-state index in [0.717, 1.165) is 16.1 Å². The molecule has 0 radical (unpaired) electrons. The number of aliphatic hydroxyl groups is 1. The molecule has 0 aliphatic heterocycles. The highest BCUT2D eigenvalue weighted by Gasteiger charge is 2.08. The highest BCUT2D eigenvalue weighted by molar-refractivity contribution is 7.99. The molecule has 3 heteroatoms. The number of nitrogens with two attached hydrogens (primary N) is 1. The second kappa shape index (κ2) is 5.75. The van der Waals surface area contributed by atoms with Crippen molar-refractivity contribution in [2.75, 3.05) is 11.5 Å². The van der Waals surface area contributed by atoms with Crippen LogP contribution in [0.1, 0.15) is 11.7 Å². The Kier molecular flexibility index (Phi) is 4.07. The molecule has 0 saturated heterocycles. The predicted molar refractivity (Wildman–Crippen MR) is 73.0 cm³/mol. The van der Waals surface area contributed by atoms with Crippen molar-refractivity contribution < 1.29 is 5.11 Å². The number of thioether (sulfide) groups is 1. The molecule has 0 aromatic heterocycles. The third-order valence-electron chi connectivity index (χ3n) is 2.50. The summed E-state index contributed by atoms with van der Waals surface area (Å²) < 4.78 is 0. The molecule has 0 aliphatic carbocycles. The van der Waals surface area contributed by atoms with Gasteiger partial charge in [-0.2, -0.15) is 0 Å². The van der Waals surface area contributed by atoms with Crippen LogP contribution in [-0.4, -0.2) is 10.9 Å². The number of benzene rings is 2. The van der Waals surface area contributed by atoms with Gasteiger partial charge in [-0.3, -0.25) is 0 Å². The third-order valence-corrected chi connectivity index (χ3v) is 3.67. The summed E-state index contributed by atoms with van der Waals surface area (Å²) in [5.74, 6) is 0.609. The van der Waals surface area contributed by atoms with Gasteiger partial charge in [0, 0.05) is 16.3 Å². The molecule has 0 bridgehead atoms. The molecule has 2 rings (SSSR count). The second-order valence-electron chi connectivity index (χ2n) is 3.78. The van der Waals surface area contributed by atoms with Gasteiger partial charge in [0.05, 0.1) is 6.10 Å². The Labute approximate surface area is 105 Å². The average Bonchev–Trinajstić information content (AvgIpc) is 2.38. The van der Waals surface area contributed by atoms with Crippen LogP contribution in [0.5, 0.6) is 0 Å². The molecule has 2 nitrogen and oxygen atoms in total. The SMILES string of the molecule is Nc1ccccc1SC[C@H](O)c1ccccc1. The van der Waals surface area contributed by atoms with Gasteiger partial charge in [-0.1, -0.05) is 42.5 Å². The Hall–Kier alpha value is -1.45. The summed E-state index contributed by atoms with van der Waals surface area (Å²) in [6, 6.07) is 17.4. The van der Waals surface area contributed by atoms with Crippen LogP contribution in [0.2, 0.25) is 0 Å². The predicted octanol–water partition coefficient (Wildman–Crippen LogP) is 3.09. The molecule has 2 aromatic carbocycles. The Morgan fingerprint density at radius 3 is 2.35 bits per heavy atom. The number of hydrogen-bond donors (Lipinski definition) is 2. The molecule has 17 heavy (non-hydrogen) atoms. The normalized spacial score (nSPS) is 12.3. The van der Waals surface area contributed by atoms with Crippen molar-refractivity contribution in [3.05, 3.63) is 60.2 Å². The summed E-state index contributed by atoms with van der Waals surface area (Å²) >= 11 is 1.57. The fourth-order valence-electron chi connectivity index (χ4n) is 1.55. The molecule has 88 valence electrons. The summed E-state index contributed by atoms with van der Waals surface area (Å²) in [6.07, 6.45) is -0.458. The van der Waals surface area contributed by atoms with Crippen LogP contribution in [0, 0.1) is 0 Å². The topological polar surface area (TPSA) is 46.2 Å². The lowest BCUT2D eigenvalue weighted by molar-refractivity contribution is 0.204. The molecular formula is C14H15NOS. The average molecular weight is 245 g/mol. The van der Waals surface area contributed by atoms with Gasteiger partial charge in [-0.25, -0.2) is 0 Å². The smallest absolute Gasteiger partial charge is 0.0883 e. The van der Waals surface area contributed by atoms with Crippen LogP contribution in [0.15, 0.2) is 59.5 Å². The molecule has 0 heterocycles. The first-order valence-corrected chi connectivity index (χ1v) is 6.46. The van der Waals surface area contributed by atoms with Gasteiger partial charge in [-0.15, -0.1) is 11.8 Å². The maximum atomic E-state index is 10.0. The Morgan fingerprint density at radius 1 is 1.00 bits per heavy atom. The number of rotatable bonds is 4. The Bertz CT molecular complexity index is 473. The minimum atomic E-state index is -0.458. The molecule has 0 unspecified atom stereocenters. The molecule has 0 saturated carbocycles. The van der Waals surface area contributed by atoms with Gasteiger partial charge in [0.1, 0.15) is 0 Å². The Morgan fingerprint density at radius 2 is 1.65 bits per heavy atom. The van der Waals surface area contributed by atoms with E-state index in [9.17, 15) is 5.11 Å². The van der Waals surface area contributed by atoms with E-state index in [1.807, 2.05) is 54.6 Å². The van der Waals surface area contributed by atoms with Gasteiger partial charge < -0.3 is 10.8 Å². The number of aliphatic hydroxyl groups excluding tert-OH is 1. The molecule has 0 fully saturated rings. The van der Waals surface area contributed by atoms with Crippen molar-refractivity contribution >= 4 is 17.4 Å². The summed E-state index contributed by atoms with van der Waals surface area (Å²) in [6.45, 7) is 0. The minimum absolute atomic E-state index is 0.458. The fourth-order valence-corrected chi connectivity index (χ4v) is 2.49. The van der Waals surface area contributed by atoms with Gasteiger partial charge in [0.2, 0.25) is 0 Å². The van der Waals surface area contributed by atoms with E-state index in [2.05, 4.69) is 0 Å². The van der Waals surface area contributed by atoms with Crippen molar-refractivity contribution in [2.45, 2.75) is 11.0 Å². The van der Waals surface area contributed by atoms with E-state index in [1.165, 1.54) is 0 Å². The van der Waals surface area contributed by atoms with Crippen molar-refractivity contribution in [3.8, 4) is 0 Å². The third kappa shape index (κ3) is 3.25. The second-order valence-corrected chi connectivity index (χ2v) is 4.84. The minimum Gasteiger partial charge on any atom is -0.398 e. The molecule has 2 aromatic rings. The van der Waals surface area contributed by atoms with Crippen molar-refractivity contribution in [1.82, 2.24) is 0 Å². The largest absolute Gasteiger partial charge is 0.398 e. The zero-order valence-electron chi connectivity index (χ0n) is 9.41.